The molecule has 0 fully saturated rings. The number of benzene rings is 2. The van der Waals surface area contributed by atoms with Crippen LogP contribution >= 0.6 is 23.4 Å². The predicted molar refractivity (Wildman–Crippen MR) is 85.5 cm³/mol. The van der Waals surface area contributed by atoms with Crippen molar-refractivity contribution in [2.24, 2.45) is 0 Å². The number of nitrogen functional groups attached to an aromatic ring is 1. The molecule has 2 aromatic rings. The fraction of sp³-hybridized carbons (Fsp3) is 0.0667. The highest BCUT2D eigenvalue weighted by Gasteiger charge is 2.10. The summed E-state index contributed by atoms with van der Waals surface area (Å²) in [4.78, 5) is 24.4. The van der Waals surface area contributed by atoms with E-state index >= 15 is 0 Å². The third-order valence-electron chi connectivity index (χ3n) is 2.59. The molecule has 0 aliphatic heterocycles. The molecular weight excluding hydrogens is 308 g/mol. The number of rotatable bonds is 4. The second kappa shape index (κ2) is 7.15. The van der Waals surface area contributed by atoms with Crippen LogP contribution in [0.3, 0.4) is 0 Å². The summed E-state index contributed by atoms with van der Waals surface area (Å²) in [5, 5.41) is 2.86. The highest BCUT2D eigenvalue weighted by Crippen LogP contribution is 2.19. The summed E-state index contributed by atoms with van der Waals surface area (Å²) >= 11 is 7.06. The maximum absolute atomic E-state index is 11.8. The summed E-state index contributed by atoms with van der Waals surface area (Å²) < 4.78 is 0. The molecule has 108 valence electrons. The van der Waals surface area contributed by atoms with Gasteiger partial charge in [-0.1, -0.05) is 17.7 Å². The number of nitrogens with one attached hydrogen (secondary N) is 1. The van der Waals surface area contributed by atoms with E-state index in [0.29, 0.717) is 16.3 Å². The van der Waals surface area contributed by atoms with Gasteiger partial charge >= 0.3 is 0 Å². The van der Waals surface area contributed by atoms with Gasteiger partial charge in [0.1, 0.15) is 0 Å². The average molecular weight is 321 g/mol. The lowest BCUT2D eigenvalue weighted by atomic mass is 10.2. The van der Waals surface area contributed by atoms with Gasteiger partial charge in [-0.2, -0.15) is 0 Å². The van der Waals surface area contributed by atoms with Gasteiger partial charge in [-0.05, 0) is 42.5 Å². The van der Waals surface area contributed by atoms with Crippen molar-refractivity contribution in [1.82, 2.24) is 5.32 Å². The summed E-state index contributed by atoms with van der Waals surface area (Å²) in [5.41, 5.74) is 6.68. The number of thioether (sulfide) groups is 1. The molecule has 0 saturated heterocycles. The minimum Gasteiger partial charge on any atom is -0.399 e. The molecule has 21 heavy (non-hydrogen) atoms. The Hall–Kier alpha value is -1.98. The predicted octanol–water partition coefficient (Wildman–Crippen LogP) is 2.97. The van der Waals surface area contributed by atoms with Gasteiger partial charge in [0.15, 0.2) is 0 Å². The number of hydrogen-bond donors (Lipinski definition) is 2. The zero-order valence-corrected chi connectivity index (χ0v) is 12.6. The molecule has 0 aliphatic carbocycles. The molecule has 0 spiro atoms. The van der Waals surface area contributed by atoms with Crippen molar-refractivity contribution in [2.45, 2.75) is 4.90 Å². The SMILES string of the molecule is Nc1cccc(SCC(=O)NC(=O)c2ccc(Cl)cc2)c1. The van der Waals surface area contributed by atoms with Crippen molar-refractivity contribution in [3.63, 3.8) is 0 Å². The molecule has 0 aliphatic rings. The van der Waals surface area contributed by atoms with Gasteiger partial charge in [-0.3, -0.25) is 14.9 Å². The molecule has 2 amide bonds. The van der Waals surface area contributed by atoms with E-state index in [9.17, 15) is 9.59 Å². The van der Waals surface area contributed by atoms with Crippen molar-refractivity contribution in [3.8, 4) is 0 Å². The molecule has 6 heteroatoms. The highest BCUT2D eigenvalue weighted by molar-refractivity contribution is 8.00. The summed E-state index contributed by atoms with van der Waals surface area (Å²) in [6, 6.07) is 13.5. The average Bonchev–Trinajstić information content (AvgIpc) is 2.46. The van der Waals surface area contributed by atoms with E-state index in [4.69, 9.17) is 17.3 Å². The van der Waals surface area contributed by atoms with E-state index in [2.05, 4.69) is 5.32 Å². The normalized spacial score (nSPS) is 10.1. The van der Waals surface area contributed by atoms with Crippen molar-refractivity contribution >= 4 is 40.9 Å². The molecule has 4 nitrogen and oxygen atoms in total. The van der Waals surface area contributed by atoms with Gasteiger partial charge in [0, 0.05) is 21.2 Å². The van der Waals surface area contributed by atoms with Crippen LogP contribution in [0.1, 0.15) is 10.4 Å². The lowest BCUT2D eigenvalue weighted by Crippen LogP contribution is -2.31. The molecule has 0 bridgehead atoms. The van der Waals surface area contributed by atoms with Gasteiger partial charge in [-0.15, -0.1) is 11.8 Å². The van der Waals surface area contributed by atoms with Gasteiger partial charge in [0.05, 0.1) is 5.75 Å². The maximum atomic E-state index is 11.8. The zero-order valence-electron chi connectivity index (χ0n) is 11.0. The maximum Gasteiger partial charge on any atom is 0.257 e. The van der Waals surface area contributed by atoms with Crippen LogP contribution in [0.15, 0.2) is 53.4 Å². The Kier molecular flexibility index (Phi) is 5.25. The molecule has 0 aromatic heterocycles. The van der Waals surface area contributed by atoms with E-state index in [1.165, 1.54) is 11.8 Å². The number of nitrogens with two attached hydrogens (primary N) is 1. The summed E-state index contributed by atoms with van der Waals surface area (Å²) in [7, 11) is 0. The Balaban J connectivity index is 1.87. The first kappa shape index (κ1) is 15.4. The van der Waals surface area contributed by atoms with Crippen molar-refractivity contribution in [3.05, 3.63) is 59.1 Å². The monoisotopic (exact) mass is 320 g/mol. The van der Waals surface area contributed by atoms with Gasteiger partial charge < -0.3 is 5.73 Å². The molecule has 0 saturated carbocycles. The number of imide groups is 1. The number of anilines is 1. The van der Waals surface area contributed by atoms with Crippen LogP contribution in [-0.4, -0.2) is 17.6 Å². The van der Waals surface area contributed by atoms with Gasteiger partial charge in [0.25, 0.3) is 5.91 Å². The van der Waals surface area contributed by atoms with E-state index in [1.54, 1.807) is 36.4 Å². The Morgan fingerprint density at radius 1 is 1.14 bits per heavy atom. The fourth-order valence-electron chi connectivity index (χ4n) is 1.59. The third-order valence-corrected chi connectivity index (χ3v) is 3.83. The number of halogens is 1. The first-order valence-electron chi connectivity index (χ1n) is 6.12. The number of amides is 2. The van der Waals surface area contributed by atoms with Crippen LogP contribution in [-0.2, 0) is 4.79 Å². The van der Waals surface area contributed by atoms with E-state index in [1.807, 2.05) is 12.1 Å². The largest absolute Gasteiger partial charge is 0.399 e. The Labute approximate surface area is 131 Å². The van der Waals surface area contributed by atoms with E-state index < -0.39 is 5.91 Å². The van der Waals surface area contributed by atoms with Crippen LogP contribution in [0.25, 0.3) is 0 Å². The fourth-order valence-corrected chi connectivity index (χ4v) is 2.48. The molecule has 2 rings (SSSR count). The van der Waals surface area contributed by atoms with Crippen LogP contribution in [0, 0.1) is 0 Å². The highest BCUT2D eigenvalue weighted by atomic mass is 35.5. The van der Waals surface area contributed by atoms with Crippen LogP contribution in [0.5, 0.6) is 0 Å². The van der Waals surface area contributed by atoms with Crippen molar-refractivity contribution < 1.29 is 9.59 Å². The van der Waals surface area contributed by atoms with E-state index in [0.717, 1.165) is 4.90 Å². The van der Waals surface area contributed by atoms with Gasteiger partial charge in [0.2, 0.25) is 5.91 Å². The number of carbonyl (C=O) groups is 2. The van der Waals surface area contributed by atoms with Crippen molar-refractivity contribution in [1.29, 1.82) is 0 Å². The second-order valence-electron chi connectivity index (χ2n) is 4.25. The Bertz CT molecular complexity index is 659. The number of carbonyl (C=O) groups excluding carboxylic acids is 2. The van der Waals surface area contributed by atoms with Crippen molar-refractivity contribution in [2.75, 3.05) is 11.5 Å². The molecule has 2 aromatic carbocycles. The standard InChI is InChI=1S/C15H13ClN2O2S/c16-11-6-4-10(5-7-11)15(20)18-14(19)9-21-13-3-1-2-12(17)8-13/h1-8H,9,17H2,(H,18,19,20). The van der Waals surface area contributed by atoms with Crippen LogP contribution in [0.2, 0.25) is 5.02 Å². The quantitative estimate of drug-likeness (QED) is 0.671. The second-order valence-corrected chi connectivity index (χ2v) is 5.73. The minimum absolute atomic E-state index is 0.142. The molecule has 0 unspecified atom stereocenters. The summed E-state index contributed by atoms with van der Waals surface area (Å²) in [5.74, 6) is -0.657. The Morgan fingerprint density at radius 2 is 1.86 bits per heavy atom. The first-order chi connectivity index (χ1) is 10.0. The van der Waals surface area contributed by atoms with Gasteiger partial charge in [-0.25, -0.2) is 0 Å². The summed E-state index contributed by atoms with van der Waals surface area (Å²) in [6.45, 7) is 0. The topological polar surface area (TPSA) is 72.2 Å². The van der Waals surface area contributed by atoms with Crippen LogP contribution < -0.4 is 11.1 Å². The smallest absolute Gasteiger partial charge is 0.257 e. The number of hydrogen-bond acceptors (Lipinski definition) is 4. The summed E-state index contributed by atoms with van der Waals surface area (Å²) in [6.07, 6.45) is 0. The third kappa shape index (κ3) is 4.81. The Morgan fingerprint density at radius 3 is 2.52 bits per heavy atom. The molecular formula is C15H13ClN2O2S. The molecule has 0 heterocycles. The first-order valence-corrected chi connectivity index (χ1v) is 7.49. The zero-order chi connectivity index (χ0) is 15.2. The van der Waals surface area contributed by atoms with E-state index in [-0.39, 0.29) is 11.7 Å². The minimum atomic E-state index is -0.440. The lowest BCUT2D eigenvalue weighted by Gasteiger charge is -2.05. The van der Waals surface area contributed by atoms with Crippen LogP contribution in [0.4, 0.5) is 5.69 Å². The molecule has 0 atom stereocenters. The lowest BCUT2D eigenvalue weighted by molar-refractivity contribution is -0.117. The molecule has 0 radical (unpaired) electrons. The molecule has 3 N–H and O–H groups in total.